The molecule has 3 rings (SSSR count). The summed E-state index contributed by atoms with van der Waals surface area (Å²) in [5.74, 6) is 0.0337. The summed E-state index contributed by atoms with van der Waals surface area (Å²) in [6.45, 7) is 4.62. The maximum absolute atomic E-state index is 12.9. The Morgan fingerprint density at radius 2 is 2.08 bits per heavy atom. The largest absolute Gasteiger partial charge is 0.352 e. The Labute approximate surface area is 158 Å². The van der Waals surface area contributed by atoms with E-state index < -0.39 is 0 Å². The van der Waals surface area contributed by atoms with E-state index in [-0.39, 0.29) is 16.7 Å². The molecule has 1 aliphatic rings. The van der Waals surface area contributed by atoms with Crippen LogP contribution in [0, 0.1) is 0 Å². The molecule has 0 aliphatic heterocycles. The fourth-order valence-corrected chi connectivity index (χ4v) is 4.30. The zero-order valence-corrected chi connectivity index (χ0v) is 16.3. The molecule has 1 aliphatic carbocycles. The quantitative estimate of drug-likeness (QED) is 0.593. The van der Waals surface area contributed by atoms with Crippen LogP contribution in [0.2, 0.25) is 0 Å². The fourth-order valence-electron chi connectivity index (χ4n) is 3.35. The Hall–Kier alpha value is -1.82. The van der Waals surface area contributed by atoms with E-state index in [0.717, 1.165) is 25.7 Å². The van der Waals surface area contributed by atoms with Crippen molar-refractivity contribution in [1.82, 2.24) is 14.9 Å². The SMILES string of the molecule is CCCCn1c(SC(C)C(=O)NC2CCCC2)nc2ccccc2c1=O. The third-order valence-corrected chi connectivity index (χ3v) is 6.00. The van der Waals surface area contributed by atoms with Crippen molar-refractivity contribution >= 4 is 28.6 Å². The summed E-state index contributed by atoms with van der Waals surface area (Å²) in [7, 11) is 0. The average molecular weight is 374 g/mol. The van der Waals surface area contributed by atoms with Gasteiger partial charge in [0.1, 0.15) is 0 Å². The van der Waals surface area contributed by atoms with Gasteiger partial charge >= 0.3 is 0 Å². The highest BCUT2D eigenvalue weighted by atomic mass is 32.2. The molecule has 0 bridgehead atoms. The molecule has 26 heavy (non-hydrogen) atoms. The number of carbonyl (C=O) groups excluding carboxylic acids is 1. The lowest BCUT2D eigenvalue weighted by Crippen LogP contribution is -2.38. The number of aromatic nitrogens is 2. The lowest BCUT2D eigenvalue weighted by atomic mass is 10.2. The van der Waals surface area contributed by atoms with Crippen molar-refractivity contribution in [2.24, 2.45) is 0 Å². The Balaban J connectivity index is 1.84. The summed E-state index contributed by atoms with van der Waals surface area (Å²) in [4.78, 5) is 30.1. The third-order valence-electron chi connectivity index (χ3n) is 4.91. The van der Waals surface area contributed by atoms with Gasteiger partial charge in [0.05, 0.1) is 16.2 Å². The average Bonchev–Trinajstić information content (AvgIpc) is 3.14. The molecule has 1 atom stereocenters. The molecular weight excluding hydrogens is 346 g/mol. The molecule has 1 aromatic heterocycles. The normalized spacial score (nSPS) is 16.1. The molecule has 1 heterocycles. The summed E-state index contributed by atoms with van der Waals surface area (Å²) in [5, 5.41) is 4.13. The van der Waals surface area contributed by atoms with Crippen LogP contribution in [0.25, 0.3) is 10.9 Å². The number of hydrogen-bond acceptors (Lipinski definition) is 4. The van der Waals surface area contributed by atoms with E-state index in [1.165, 1.54) is 24.6 Å². The first-order chi connectivity index (χ1) is 12.6. The smallest absolute Gasteiger partial charge is 0.262 e. The zero-order chi connectivity index (χ0) is 18.5. The number of rotatable bonds is 7. The second-order valence-electron chi connectivity index (χ2n) is 6.97. The highest BCUT2D eigenvalue weighted by molar-refractivity contribution is 8.00. The maximum atomic E-state index is 12.9. The molecule has 1 saturated carbocycles. The minimum absolute atomic E-state index is 0.0186. The van der Waals surface area contributed by atoms with Crippen LogP contribution in [0.4, 0.5) is 0 Å². The van der Waals surface area contributed by atoms with Gasteiger partial charge in [0.25, 0.3) is 5.56 Å². The fraction of sp³-hybridized carbons (Fsp3) is 0.550. The molecule has 1 fully saturated rings. The van der Waals surface area contributed by atoms with Gasteiger partial charge in [-0.25, -0.2) is 4.98 Å². The number of para-hydroxylation sites is 1. The third kappa shape index (κ3) is 4.29. The van der Waals surface area contributed by atoms with Crippen molar-refractivity contribution in [3.63, 3.8) is 0 Å². The van der Waals surface area contributed by atoms with Crippen LogP contribution >= 0.6 is 11.8 Å². The number of nitrogens with zero attached hydrogens (tertiary/aromatic N) is 2. The van der Waals surface area contributed by atoms with Gasteiger partial charge in [-0.15, -0.1) is 0 Å². The summed E-state index contributed by atoms with van der Waals surface area (Å²) < 4.78 is 1.73. The Morgan fingerprint density at radius 3 is 2.81 bits per heavy atom. The van der Waals surface area contributed by atoms with Gasteiger partial charge in [0, 0.05) is 12.6 Å². The van der Waals surface area contributed by atoms with Crippen LogP contribution in [-0.2, 0) is 11.3 Å². The van der Waals surface area contributed by atoms with Gasteiger partial charge in [-0.05, 0) is 38.3 Å². The molecule has 1 aromatic carbocycles. The van der Waals surface area contributed by atoms with E-state index in [1.807, 2.05) is 31.2 Å². The highest BCUT2D eigenvalue weighted by Gasteiger charge is 2.23. The van der Waals surface area contributed by atoms with Gasteiger partial charge in [0.15, 0.2) is 5.16 Å². The van der Waals surface area contributed by atoms with Crippen LogP contribution < -0.4 is 10.9 Å². The minimum atomic E-state index is -0.281. The summed E-state index contributed by atoms with van der Waals surface area (Å²) in [6, 6.07) is 7.72. The molecule has 140 valence electrons. The molecule has 6 heteroatoms. The lowest BCUT2D eigenvalue weighted by Gasteiger charge is -2.18. The predicted octanol–water partition coefficient (Wildman–Crippen LogP) is 3.74. The molecule has 2 aromatic rings. The molecule has 0 spiro atoms. The minimum Gasteiger partial charge on any atom is -0.352 e. The number of thioether (sulfide) groups is 1. The van der Waals surface area contributed by atoms with E-state index in [2.05, 4.69) is 17.2 Å². The monoisotopic (exact) mass is 373 g/mol. The molecular formula is C20H27N3O2S. The number of nitrogens with one attached hydrogen (secondary N) is 1. The zero-order valence-electron chi connectivity index (χ0n) is 15.5. The summed E-state index contributed by atoms with van der Waals surface area (Å²) in [6.07, 6.45) is 6.43. The van der Waals surface area contributed by atoms with E-state index in [9.17, 15) is 9.59 Å². The van der Waals surface area contributed by atoms with Crippen LogP contribution in [0.5, 0.6) is 0 Å². The van der Waals surface area contributed by atoms with Crippen molar-refractivity contribution in [3.05, 3.63) is 34.6 Å². The number of unbranched alkanes of at least 4 members (excludes halogenated alkanes) is 1. The maximum Gasteiger partial charge on any atom is 0.262 e. The van der Waals surface area contributed by atoms with Crippen LogP contribution in [-0.4, -0.2) is 26.8 Å². The van der Waals surface area contributed by atoms with Gasteiger partial charge in [-0.3, -0.25) is 14.2 Å². The number of carbonyl (C=O) groups is 1. The second kappa shape index (κ2) is 8.71. The summed E-state index contributed by atoms with van der Waals surface area (Å²) in [5.41, 5.74) is 0.672. The van der Waals surface area contributed by atoms with E-state index in [0.29, 0.717) is 28.6 Å². The standard InChI is InChI=1S/C20H27N3O2S/c1-3-4-13-23-19(25)16-11-7-8-12-17(16)22-20(23)26-14(2)18(24)21-15-9-5-6-10-15/h7-8,11-12,14-15H,3-6,9-10,13H2,1-2H3,(H,21,24). The van der Waals surface area contributed by atoms with Crippen LogP contribution in [0.1, 0.15) is 52.4 Å². The molecule has 1 N–H and O–H groups in total. The van der Waals surface area contributed by atoms with Gasteiger partial charge in [-0.1, -0.05) is 50.1 Å². The molecule has 0 radical (unpaired) electrons. The topological polar surface area (TPSA) is 64.0 Å². The number of hydrogen-bond donors (Lipinski definition) is 1. The van der Waals surface area contributed by atoms with Gasteiger partial charge in [-0.2, -0.15) is 0 Å². The summed E-state index contributed by atoms with van der Waals surface area (Å²) >= 11 is 1.38. The molecule has 5 nitrogen and oxygen atoms in total. The van der Waals surface area contributed by atoms with Gasteiger partial charge < -0.3 is 5.32 Å². The van der Waals surface area contributed by atoms with Crippen molar-refractivity contribution in [2.45, 2.75) is 75.4 Å². The number of benzene rings is 1. The van der Waals surface area contributed by atoms with Crippen molar-refractivity contribution in [2.75, 3.05) is 0 Å². The van der Waals surface area contributed by atoms with Crippen LogP contribution in [0.3, 0.4) is 0 Å². The predicted molar refractivity (Wildman–Crippen MR) is 107 cm³/mol. The first-order valence-corrected chi connectivity index (χ1v) is 10.4. The van der Waals surface area contributed by atoms with E-state index in [1.54, 1.807) is 4.57 Å². The van der Waals surface area contributed by atoms with Crippen LogP contribution in [0.15, 0.2) is 34.2 Å². The molecule has 1 amide bonds. The number of amides is 1. The van der Waals surface area contributed by atoms with Crippen molar-refractivity contribution < 1.29 is 4.79 Å². The van der Waals surface area contributed by atoms with E-state index >= 15 is 0 Å². The highest BCUT2D eigenvalue weighted by Crippen LogP contribution is 2.24. The van der Waals surface area contributed by atoms with Crippen molar-refractivity contribution in [1.29, 1.82) is 0 Å². The Bertz CT molecular complexity index is 827. The molecule has 1 unspecified atom stereocenters. The first-order valence-electron chi connectivity index (χ1n) is 9.56. The Morgan fingerprint density at radius 1 is 1.35 bits per heavy atom. The van der Waals surface area contributed by atoms with E-state index in [4.69, 9.17) is 0 Å². The lowest BCUT2D eigenvalue weighted by molar-refractivity contribution is -0.120. The van der Waals surface area contributed by atoms with Crippen molar-refractivity contribution in [3.8, 4) is 0 Å². The second-order valence-corrected chi connectivity index (χ2v) is 8.28. The Kier molecular flexibility index (Phi) is 6.35. The van der Waals surface area contributed by atoms with Gasteiger partial charge in [0.2, 0.25) is 5.91 Å². The first kappa shape index (κ1) is 19.0. The number of fused-ring (bicyclic) bond motifs is 1. The molecule has 0 saturated heterocycles.